The molecule has 1 aromatic heterocycles. The number of hydrogen-bond acceptors (Lipinski definition) is 5. The van der Waals surface area contributed by atoms with Crippen LogP contribution in [0.3, 0.4) is 0 Å². The van der Waals surface area contributed by atoms with Crippen molar-refractivity contribution >= 4 is 33.8 Å². The smallest absolute Gasteiger partial charge is 0.185 e. The molecule has 0 atom stereocenters. The molecule has 0 radical (unpaired) electrons. The molecule has 2 aromatic rings. The second kappa shape index (κ2) is 6.54. The van der Waals surface area contributed by atoms with Crippen molar-refractivity contribution in [3.63, 3.8) is 0 Å². The summed E-state index contributed by atoms with van der Waals surface area (Å²) in [5, 5.41) is 3.11. The highest BCUT2D eigenvalue weighted by Gasteiger charge is 2.21. The highest BCUT2D eigenvalue weighted by atomic mass is 35.5. The van der Waals surface area contributed by atoms with Gasteiger partial charge in [-0.2, -0.15) is 0 Å². The molecule has 4 nitrogen and oxygen atoms in total. The number of para-hydroxylation sites is 2. The van der Waals surface area contributed by atoms with Gasteiger partial charge in [0.05, 0.1) is 24.4 Å². The lowest BCUT2D eigenvalue weighted by molar-refractivity contribution is 0.413. The normalized spacial score (nSPS) is 15.3. The van der Waals surface area contributed by atoms with Crippen molar-refractivity contribution in [2.45, 2.75) is 5.88 Å². The van der Waals surface area contributed by atoms with E-state index in [1.165, 1.54) is 5.69 Å². The van der Waals surface area contributed by atoms with Crippen LogP contribution in [0.15, 0.2) is 29.6 Å². The summed E-state index contributed by atoms with van der Waals surface area (Å²) in [6.45, 7) is 3.87. The summed E-state index contributed by atoms with van der Waals surface area (Å²) >= 11 is 7.49. The fraction of sp³-hybridized carbons (Fsp3) is 0.400. The van der Waals surface area contributed by atoms with Crippen molar-refractivity contribution in [1.82, 2.24) is 4.98 Å². The van der Waals surface area contributed by atoms with Crippen LogP contribution in [0, 0.1) is 0 Å². The van der Waals surface area contributed by atoms with E-state index in [2.05, 4.69) is 26.9 Å². The Bertz CT molecular complexity index is 596. The van der Waals surface area contributed by atoms with E-state index in [-0.39, 0.29) is 0 Å². The highest BCUT2D eigenvalue weighted by Crippen LogP contribution is 2.30. The molecular formula is C15H18ClN3OS. The molecule has 0 bridgehead atoms. The summed E-state index contributed by atoms with van der Waals surface area (Å²) in [5.41, 5.74) is 2.13. The first-order valence-electron chi connectivity index (χ1n) is 6.95. The van der Waals surface area contributed by atoms with Gasteiger partial charge >= 0.3 is 0 Å². The molecule has 3 rings (SSSR count). The first kappa shape index (κ1) is 14.5. The van der Waals surface area contributed by atoms with Crippen LogP contribution >= 0.6 is 22.9 Å². The molecule has 6 heteroatoms. The predicted molar refractivity (Wildman–Crippen MR) is 89.1 cm³/mol. The molecule has 0 unspecified atom stereocenters. The molecule has 1 saturated heterocycles. The molecule has 112 valence electrons. The molecule has 21 heavy (non-hydrogen) atoms. The minimum Gasteiger partial charge on any atom is -0.495 e. The number of anilines is 2. The van der Waals surface area contributed by atoms with Gasteiger partial charge in [0.2, 0.25) is 0 Å². The Kier molecular flexibility index (Phi) is 4.51. The standard InChI is InChI=1S/C15H18ClN3OS/c1-20-14-5-3-2-4-13(14)18-6-8-19(9-7-18)15-17-12(10-16)11-21-15/h2-5,11H,6-10H2,1H3. The molecule has 0 amide bonds. The zero-order valence-corrected chi connectivity index (χ0v) is 13.5. The van der Waals surface area contributed by atoms with E-state index in [9.17, 15) is 0 Å². The van der Waals surface area contributed by atoms with Crippen molar-refractivity contribution in [2.75, 3.05) is 43.1 Å². The van der Waals surface area contributed by atoms with Gasteiger partial charge in [-0.25, -0.2) is 4.98 Å². The van der Waals surface area contributed by atoms with Crippen molar-refractivity contribution in [3.8, 4) is 5.75 Å². The number of piperazine rings is 1. The van der Waals surface area contributed by atoms with Crippen LogP contribution < -0.4 is 14.5 Å². The number of halogens is 1. The Balaban J connectivity index is 1.67. The summed E-state index contributed by atoms with van der Waals surface area (Å²) in [4.78, 5) is 9.25. The van der Waals surface area contributed by atoms with Gasteiger partial charge in [0.1, 0.15) is 5.75 Å². The maximum absolute atomic E-state index is 5.82. The van der Waals surface area contributed by atoms with Gasteiger partial charge < -0.3 is 14.5 Å². The van der Waals surface area contributed by atoms with Crippen LogP contribution in [0.4, 0.5) is 10.8 Å². The monoisotopic (exact) mass is 323 g/mol. The van der Waals surface area contributed by atoms with E-state index < -0.39 is 0 Å². The van der Waals surface area contributed by atoms with Crippen LogP contribution in [0.2, 0.25) is 0 Å². The van der Waals surface area contributed by atoms with Crippen LogP contribution in [-0.4, -0.2) is 38.3 Å². The lowest BCUT2D eigenvalue weighted by atomic mass is 10.2. The molecule has 1 aliphatic heterocycles. The van der Waals surface area contributed by atoms with Gasteiger partial charge in [-0.3, -0.25) is 0 Å². The minimum absolute atomic E-state index is 0.484. The second-order valence-electron chi connectivity index (χ2n) is 4.90. The van der Waals surface area contributed by atoms with Crippen LogP contribution in [-0.2, 0) is 5.88 Å². The van der Waals surface area contributed by atoms with E-state index in [4.69, 9.17) is 16.3 Å². The van der Waals surface area contributed by atoms with Gasteiger partial charge in [-0.15, -0.1) is 22.9 Å². The van der Waals surface area contributed by atoms with Crippen LogP contribution in [0.25, 0.3) is 0 Å². The third-order valence-electron chi connectivity index (χ3n) is 3.65. The number of benzene rings is 1. The highest BCUT2D eigenvalue weighted by molar-refractivity contribution is 7.13. The Labute approximate surface area is 133 Å². The maximum atomic E-state index is 5.82. The number of hydrogen-bond donors (Lipinski definition) is 0. The molecule has 1 aromatic carbocycles. The number of aromatic nitrogens is 1. The average molecular weight is 324 g/mol. The first-order valence-corrected chi connectivity index (χ1v) is 8.36. The van der Waals surface area contributed by atoms with Crippen molar-refractivity contribution < 1.29 is 4.74 Å². The maximum Gasteiger partial charge on any atom is 0.185 e. The number of alkyl halides is 1. The summed E-state index contributed by atoms with van der Waals surface area (Å²) < 4.78 is 5.45. The van der Waals surface area contributed by atoms with Crippen molar-refractivity contribution in [1.29, 1.82) is 0 Å². The number of methoxy groups -OCH3 is 1. The molecule has 1 fully saturated rings. The van der Waals surface area contributed by atoms with Gasteiger partial charge in [-0.05, 0) is 12.1 Å². The third-order valence-corrected chi connectivity index (χ3v) is 4.88. The number of rotatable bonds is 4. The molecular weight excluding hydrogens is 306 g/mol. The lowest BCUT2D eigenvalue weighted by Crippen LogP contribution is -2.46. The number of thiazole rings is 1. The molecule has 1 aliphatic rings. The SMILES string of the molecule is COc1ccccc1N1CCN(c2nc(CCl)cs2)CC1. The van der Waals surface area contributed by atoms with Gasteiger partial charge in [0.25, 0.3) is 0 Å². The number of ether oxygens (including phenoxy) is 1. The zero-order valence-electron chi connectivity index (χ0n) is 12.0. The third kappa shape index (κ3) is 3.09. The van der Waals surface area contributed by atoms with Crippen LogP contribution in [0.1, 0.15) is 5.69 Å². The van der Waals surface area contributed by atoms with Crippen molar-refractivity contribution in [3.05, 3.63) is 35.3 Å². The molecule has 0 aliphatic carbocycles. The van der Waals surface area contributed by atoms with E-state index in [1.54, 1.807) is 18.4 Å². The predicted octanol–water partition coefficient (Wildman–Crippen LogP) is 3.22. The summed E-state index contributed by atoms with van der Waals surface area (Å²) in [5.74, 6) is 1.42. The fourth-order valence-electron chi connectivity index (χ4n) is 2.53. The fourth-order valence-corrected chi connectivity index (χ4v) is 3.64. The first-order chi connectivity index (χ1) is 10.3. The lowest BCUT2D eigenvalue weighted by Gasteiger charge is -2.36. The summed E-state index contributed by atoms with van der Waals surface area (Å²) in [7, 11) is 1.72. The Morgan fingerprint density at radius 1 is 1.19 bits per heavy atom. The minimum atomic E-state index is 0.484. The van der Waals surface area contributed by atoms with E-state index in [1.807, 2.05) is 17.5 Å². The van der Waals surface area contributed by atoms with Gasteiger partial charge in [0.15, 0.2) is 5.13 Å². The average Bonchev–Trinajstić information content (AvgIpc) is 3.04. The topological polar surface area (TPSA) is 28.6 Å². The van der Waals surface area contributed by atoms with Gasteiger partial charge in [-0.1, -0.05) is 12.1 Å². The largest absolute Gasteiger partial charge is 0.495 e. The second-order valence-corrected chi connectivity index (χ2v) is 6.00. The number of nitrogens with zero attached hydrogens (tertiary/aromatic N) is 3. The van der Waals surface area contributed by atoms with Crippen LogP contribution in [0.5, 0.6) is 5.75 Å². The molecule has 0 spiro atoms. The zero-order chi connectivity index (χ0) is 14.7. The summed E-state index contributed by atoms with van der Waals surface area (Å²) in [6, 6.07) is 8.18. The van der Waals surface area contributed by atoms with E-state index in [0.717, 1.165) is 42.8 Å². The summed E-state index contributed by atoms with van der Waals surface area (Å²) in [6.07, 6.45) is 0. The molecule has 0 N–H and O–H groups in total. The Morgan fingerprint density at radius 3 is 2.57 bits per heavy atom. The van der Waals surface area contributed by atoms with E-state index in [0.29, 0.717) is 5.88 Å². The Morgan fingerprint density at radius 2 is 1.90 bits per heavy atom. The van der Waals surface area contributed by atoms with Gasteiger partial charge in [0, 0.05) is 31.6 Å². The molecule has 0 saturated carbocycles. The van der Waals surface area contributed by atoms with E-state index >= 15 is 0 Å². The van der Waals surface area contributed by atoms with Crippen molar-refractivity contribution in [2.24, 2.45) is 0 Å². The quantitative estimate of drug-likeness (QED) is 0.808. The Hall–Kier alpha value is -1.46. The molecule has 2 heterocycles.